The van der Waals surface area contributed by atoms with Crippen molar-refractivity contribution in [2.75, 3.05) is 12.4 Å². The van der Waals surface area contributed by atoms with E-state index < -0.39 is 6.04 Å². The first-order valence-corrected chi connectivity index (χ1v) is 10.2. The van der Waals surface area contributed by atoms with Gasteiger partial charge < -0.3 is 10.2 Å². The minimum Gasteiger partial charge on any atom is -0.328 e. The molecular formula is C25H25N3O2. The third-order valence-electron chi connectivity index (χ3n) is 5.71. The van der Waals surface area contributed by atoms with Gasteiger partial charge in [-0.2, -0.15) is 0 Å². The highest BCUT2D eigenvalue weighted by Gasteiger charge is 2.31. The van der Waals surface area contributed by atoms with Crippen molar-refractivity contribution >= 4 is 17.5 Å². The molecule has 0 saturated carbocycles. The van der Waals surface area contributed by atoms with Crippen molar-refractivity contribution in [1.29, 1.82) is 0 Å². The minimum atomic E-state index is -0.549. The maximum absolute atomic E-state index is 13.4. The van der Waals surface area contributed by atoms with Gasteiger partial charge in [-0.25, -0.2) is 4.98 Å². The van der Waals surface area contributed by atoms with Crippen LogP contribution in [0, 0.1) is 13.8 Å². The Morgan fingerprint density at radius 3 is 2.50 bits per heavy atom. The number of nitrogens with zero attached hydrogens (tertiary/aromatic N) is 2. The summed E-state index contributed by atoms with van der Waals surface area (Å²) in [6, 6.07) is 19.0. The van der Waals surface area contributed by atoms with Crippen LogP contribution in [-0.2, 0) is 11.2 Å². The zero-order valence-electron chi connectivity index (χ0n) is 17.5. The van der Waals surface area contributed by atoms with E-state index in [1.807, 2.05) is 74.5 Å². The van der Waals surface area contributed by atoms with Gasteiger partial charge in [-0.1, -0.05) is 54.6 Å². The Morgan fingerprint density at radius 1 is 1.03 bits per heavy atom. The number of nitrogens with one attached hydrogen (secondary N) is 1. The lowest BCUT2D eigenvalue weighted by molar-refractivity contribution is -0.120. The molecule has 2 aromatic carbocycles. The van der Waals surface area contributed by atoms with E-state index in [0.29, 0.717) is 12.1 Å². The number of amides is 2. The second kappa shape index (κ2) is 8.11. The number of carbonyl (C=O) groups excluding carboxylic acids is 2. The van der Waals surface area contributed by atoms with Crippen LogP contribution in [0.1, 0.15) is 33.6 Å². The first-order chi connectivity index (χ1) is 14.5. The Bertz CT molecular complexity index is 1110. The van der Waals surface area contributed by atoms with Crippen LogP contribution in [0.15, 0.2) is 60.7 Å². The fourth-order valence-corrected chi connectivity index (χ4v) is 4.03. The van der Waals surface area contributed by atoms with Crippen LogP contribution in [0.5, 0.6) is 0 Å². The van der Waals surface area contributed by atoms with Gasteiger partial charge >= 0.3 is 0 Å². The van der Waals surface area contributed by atoms with Gasteiger partial charge in [0, 0.05) is 18.3 Å². The molecule has 5 heteroatoms. The van der Waals surface area contributed by atoms with Crippen LogP contribution in [-0.4, -0.2) is 34.8 Å². The zero-order valence-corrected chi connectivity index (χ0v) is 17.5. The average Bonchev–Trinajstić information content (AvgIpc) is 2.91. The summed E-state index contributed by atoms with van der Waals surface area (Å²) in [5, 5.41) is 2.97. The molecule has 152 valence electrons. The van der Waals surface area contributed by atoms with Gasteiger partial charge in [-0.3, -0.25) is 9.59 Å². The number of rotatable bonds is 3. The molecule has 5 nitrogen and oxygen atoms in total. The average molecular weight is 399 g/mol. The molecule has 0 saturated heterocycles. The highest BCUT2D eigenvalue weighted by molar-refractivity contribution is 6.01. The normalized spacial score (nSPS) is 15.7. The maximum atomic E-state index is 13.4. The van der Waals surface area contributed by atoms with E-state index in [-0.39, 0.29) is 11.8 Å². The molecule has 3 aromatic rings. The summed E-state index contributed by atoms with van der Waals surface area (Å²) in [5.41, 5.74) is 5.87. The number of pyridine rings is 1. The lowest BCUT2D eigenvalue weighted by Gasteiger charge is -2.26. The highest BCUT2D eigenvalue weighted by atomic mass is 16.2. The van der Waals surface area contributed by atoms with E-state index >= 15 is 0 Å². The fraction of sp³-hybridized carbons (Fsp3) is 0.240. The number of aryl methyl sites for hydroxylation is 3. The number of fused-ring (bicyclic) bond motifs is 1. The molecular weight excluding hydrogens is 374 g/mol. The maximum Gasteiger partial charge on any atom is 0.273 e. The molecule has 0 spiro atoms. The third-order valence-corrected chi connectivity index (χ3v) is 5.71. The Kier molecular flexibility index (Phi) is 5.36. The molecule has 0 bridgehead atoms. The molecule has 4 rings (SSSR count). The van der Waals surface area contributed by atoms with Crippen LogP contribution in [0.4, 0.5) is 5.69 Å². The van der Waals surface area contributed by atoms with Crippen molar-refractivity contribution in [3.8, 4) is 11.3 Å². The van der Waals surface area contributed by atoms with E-state index in [1.165, 1.54) is 4.90 Å². The highest BCUT2D eigenvalue weighted by Crippen LogP contribution is 2.26. The molecule has 1 N–H and O–H groups in total. The summed E-state index contributed by atoms with van der Waals surface area (Å²) in [6.07, 6.45) is 1.30. The number of aromatic nitrogens is 1. The quantitative estimate of drug-likeness (QED) is 0.710. The Balaban J connectivity index is 1.64. The monoisotopic (exact) mass is 399 g/mol. The smallest absolute Gasteiger partial charge is 0.273 e. The number of hydrogen-bond acceptors (Lipinski definition) is 3. The molecule has 0 fully saturated rings. The van der Waals surface area contributed by atoms with Crippen LogP contribution in [0.2, 0.25) is 0 Å². The van der Waals surface area contributed by atoms with Gasteiger partial charge in [-0.05, 0) is 49.4 Å². The second-order valence-electron chi connectivity index (χ2n) is 7.80. The van der Waals surface area contributed by atoms with Gasteiger partial charge in [0.2, 0.25) is 5.91 Å². The predicted octanol–water partition coefficient (Wildman–Crippen LogP) is 4.39. The Morgan fingerprint density at radius 2 is 1.73 bits per heavy atom. The number of hydrogen-bond donors (Lipinski definition) is 1. The summed E-state index contributed by atoms with van der Waals surface area (Å²) in [5.74, 6) is -0.403. The molecule has 1 aliphatic rings. The number of carbonyl (C=O) groups is 2. The van der Waals surface area contributed by atoms with Crippen LogP contribution in [0.3, 0.4) is 0 Å². The number of likely N-dealkylation sites (N-methyl/N-ethyl adjacent to an activating group) is 1. The first kappa shape index (κ1) is 19.8. The summed E-state index contributed by atoms with van der Waals surface area (Å²) in [7, 11) is 1.69. The van der Waals surface area contributed by atoms with E-state index in [2.05, 4.69) is 5.32 Å². The Hall–Kier alpha value is -3.47. The van der Waals surface area contributed by atoms with Crippen LogP contribution in [0.25, 0.3) is 11.3 Å². The first-order valence-electron chi connectivity index (χ1n) is 10.2. The fourth-order valence-electron chi connectivity index (χ4n) is 4.03. The third kappa shape index (κ3) is 3.71. The molecule has 2 heterocycles. The number of para-hydroxylation sites is 1. The summed E-state index contributed by atoms with van der Waals surface area (Å²) in [6.45, 7) is 3.88. The predicted molar refractivity (Wildman–Crippen MR) is 118 cm³/mol. The van der Waals surface area contributed by atoms with Crippen molar-refractivity contribution in [2.24, 2.45) is 0 Å². The molecule has 1 unspecified atom stereocenters. The second-order valence-corrected chi connectivity index (χ2v) is 7.80. The van der Waals surface area contributed by atoms with Crippen molar-refractivity contribution in [3.63, 3.8) is 0 Å². The lowest BCUT2D eigenvalue weighted by atomic mass is 10.0. The summed E-state index contributed by atoms with van der Waals surface area (Å²) < 4.78 is 0. The van der Waals surface area contributed by atoms with Crippen molar-refractivity contribution in [1.82, 2.24) is 9.88 Å². The van der Waals surface area contributed by atoms with E-state index in [1.54, 1.807) is 7.05 Å². The van der Waals surface area contributed by atoms with Gasteiger partial charge in [0.05, 0.1) is 5.69 Å². The lowest BCUT2D eigenvalue weighted by Crippen LogP contribution is -2.45. The molecule has 30 heavy (non-hydrogen) atoms. The van der Waals surface area contributed by atoms with E-state index in [9.17, 15) is 9.59 Å². The van der Waals surface area contributed by atoms with Crippen molar-refractivity contribution in [2.45, 2.75) is 32.7 Å². The molecule has 1 aromatic heterocycles. The van der Waals surface area contributed by atoms with Gasteiger partial charge in [-0.15, -0.1) is 0 Å². The Labute approximate surface area is 176 Å². The van der Waals surface area contributed by atoms with Gasteiger partial charge in [0.15, 0.2) is 0 Å². The largest absolute Gasteiger partial charge is 0.328 e. The van der Waals surface area contributed by atoms with Crippen LogP contribution >= 0.6 is 0 Å². The molecule has 0 radical (unpaired) electrons. The molecule has 1 atom stereocenters. The van der Waals surface area contributed by atoms with E-state index in [4.69, 9.17) is 4.98 Å². The van der Waals surface area contributed by atoms with E-state index in [0.717, 1.165) is 40.1 Å². The van der Waals surface area contributed by atoms with Gasteiger partial charge in [0.25, 0.3) is 5.91 Å². The molecule has 0 aliphatic carbocycles. The molecule has 1 aliphatic heterocycles. The van der Waals surface area contributed by atoms with Crippen molar-refractivity contribution < 1.29 is 9.59 Å². The molecule has 2 amide bonds. The minimum absolute atomic E-state index is 0.163. The van der Waals surface area contributed by atoms with Crippen molar-refractivity contribution in [3.05, 3.63) is 83.0 Å². The number of benzene rings is 2. The topological polar surface area (TPSA) is 62.3 Å². The van der Waals surface area contributed by atoms with Crippen LogP contribution < -0.4 is 5.32 Å². The van der Waals surface area contributed by atoms with Gasteiger partial charge in [0.1, 0.15) is 11.7 Å². The SMILES string of the molecule is Cc1cc(C)c(-c2ccccc2)nc1C(=O)N(C)C1CCc2ccccc2NC1=O. The summed E-state index contributed by atoms with van der Waals surface area (Å²) >= 11 is 0. The summed E-state index contributed by atoms with van der Waals surface area (Å²) in [4.78, 5) is 32.5. The zero-order chi connectivity index (χ0) is 21.3. The number of anilines is 1. The standard InChI is InChI=1S/C25H25N3O2/c1-16-15-17(2)23(27-22(16)19-10-5-4-6-11-19)25(30)28(3)21-14-13-18-9-7-8-12-20(18)26-24(21)29/h4-12,15,21H,13-14H2,1-3H3,(H,26,29).